The number of nitrogens with one attached hydrogen (secondary N) is 2. The maximum absolute atomic E-state index is 11.8. The Hall–Kier alpha value is -2.34. The van der Waals surface area contributed by atoms with E-state index in [9.17, 15) is 4.79 Å². The molecule has 1 heterocycles. The summed E-state index contributed by atoms with van der Waals surface area (Å²) in [7, 11) is 1.57. The summed E-state index contributed by atoms with van der Waals surface area (Å²) < 4.78 is 10.2. The highest BCUT2D eigenvalue weighted by Crippen LogP contribution is 2.24. The molecule has 1 aromatic heterocycles. The van der Waals surface area contributed by atoms with E-state index in [0.29, 0.717) is 11.4 Å². The van der Waals surface area contributed by atoms with Crippen molar-refractivity contribution in [1.82, 2.24) is 5.32 Å². The van der Waals surface area contributed by atoms with Gasteiger partial charge in [-0.15, -0.1) is 0 Å². The Kier molecular flexibility index (Phi) is 4.37. The Morgan fingerprint density at radius 2 is 2.15 bits per heavy atom. The van der Waals surface area contributed by atoms with E-state index in [4.69, 9.17) is 21.4 Å². The maximum Gasteiger partial charge on any atom is 0.293 e. The van der Waals surface area contributed by atoms with Gasteiger partial charge in [-0.2, -0.15) is 0 Å². The lowest BCUT2D eigenvalue weighted by molar-refractivity contribution is 0.0950. The molecular weight excluding hydrogens is 276 g/mol. The summed E-state index contributed by atoms with van der Waals surface area (Å²) in [5.41, 5.74) is 1.74. The van der Waals surface area contributed by atoms with E-state index in [2.05, 4.69) is 10.6 Å². The van der Waals surface area contributed by atoms with Crippen molar-refractivity contribution in [3.63, 3.8) is 0 Å². The van der Waals surface area contributed by atoms with Gasteiger partial charge in [-0.25, -0.2) is 0 Å². The molecule has 6 heteroatoms. The molecule has 0 bridgehead atoms. The van der Waals surface area contributed by atoms with Gasteiger partial charge in [0, 0.05) is 0 Å². The lowest BCUT2D eigenvalue weighted by atomic mass is 10.2. The highest BCUT2D eigenvalue weighted by atomic mass is 32.1. The van der Waals surface area contributed by atoms with Crippen LogP contribution < -0.4 is 15.4 Å². The molecule has 0 aliphatic rings. The number of thiocarbonyl (C=S) groups is 1. The molecule has 0 radical (unpaired) electrons. The molecule has 1 aromatic carbocycles. The van der Waals surface area contributed by atoms with Crippen LogP contribution in [0.15, 0.2) is 41.0 Å². The largest absolute Gasteiger partial charge is 0.495 e. The van der Waals surface area contributed by atoms with Gasteiger partial charge in [0.25, 0.3) is 5.91 Å². The fraction of sp³-hybridized carbons (Fsp3) is 0.143. The number of aryl methyl sites for hydroxylation is 1. The van der Waals surface area contributed by atoms with Crippen LogP contribution in [0.1, 0.15) is 16.1 Å². The fourth-order valence-electron chi connectivity index (χ4n) is 1.65. The first-order valence-electron chi connectivity index (χ1n) is 5.90. The molecule has 104 valence electrons. The predicted molar refractivity (Wildman–Crippen MR) is 80.1 cm³/mol. The zero-order chi connectivity index (χ0) is 14.5. The van der Waals surface area contributed by atoms with Crippen LogP contribution in [-0.2, 0) is 0 Å². The summed E-state index contributed by atoms with van der Waals surface area (Å²) in [5, 5.41) is 5.64. The minimum absolute atomic E-state index is 0.176. The minimum Gasteiger partial charge on any atom is -0.495 e. The molecule has 0 atom stereocenters. The third-order valence-corrected chi connectivity index (χ3v) is 2.78. The van der Waals surface area contributed by atoms with Crippen molar-refractivity contribution in [3.8, 4) is 5.75 Å². The lowest BCUT2D eigenvalue weighted by Crippen LogP contribution is -2.34. The van der Waals surface area contributed by atoms with Crippen molar-refractivity contribution >= 4 is 28.9 Å². The molecular formula is C14H14N2O3S. The van der Waals surface area contributed by atoms with E-state index in [1.54, 1.807) is 19.2 Å². The topological polar surface area (TPSA) is 63.5 Å². The normalized spacial score (nSPS) is 9.90. The number of benzene rings is 1. The monoisotopic (exact) mass is 290 g/mol. The second kappa shape index (κ2) is 6.21. The van der Waals surface area contributed by atoms with E-state index >= 15 is 0 Å². The number of ether oxygens (including phenoxy) is 1. The molecule has 0 saturated carbocycles. The first-order chi connectivity index (χ1) is 9.60. The molecule has 5 nitrogen and oxygen atoms in total. The Morgan fingerprint density at radius 1 is 1.35 bits per heavy atom. The van der Waals surface area contributed by atoms with Crippen molar-refractivity contribution in [2.75, 3.05) is 12.4 Å². The van der Waals surface area contributed by atoms with E-state index in [1.807, 2.05) is 25.1 Å². The first-order valence-corrected chi connectivity index (χ1v) is 6.31. The van der Waals surface area contributed by atoms with Crippen LogP contribution in [0, 0.1) is 6.92 Å². The molecule has 0 aliphatic carbocycles. The fourth-order valence-corrected chi connectivity index (χ4v) is 1.85. The van der Waals surface area contributed by atoms with Crippen LogP contribution in [0.2, 0.25) is 0 Å². The van der Waals surface area contributed by atoms with Crippen molar-refractivity contribution in [2.24, 2.45) is 0 Å². The molecule has 1 amide bonds. The third-order valence-electron chi connectivity index (χ3n) is 2.58. The number of hydrogen-bond acceptors (Lipinski definition) is 4. The second-order valence-corrected chi connectivity index (χ2v) is 4.50. The molecule has 0 aliphatic heterocycles. The van der Waals surface area contributed by atoms with E-state index in [1.165, 1.54) is 6.26 Å². The summed E-state index contributed by atoms with van der Waals surface area (Å²) in [6, 6.07) is 8.83. The van der Waals surface area contributed by atoms with Crippen molar-refractivity contribution in [2.45, 2.75) is 6.92 Å². The first kappa shape index (κ1) is 14.1. The molecule has 2 aromatic rings. The standard InChI is InChI=1S/C14H14N2O3S/c1-9-5-6-11(18-2)10(8-9)15-14(20)16-13(17)12-4-3-7-19-12/h3-8H,1-2H3,(H2,15,16,17,20). The Morgan fingerprint density at radius 3 is 2.80 bits per heavy atom. The van der Waals surface area contributed by atoms with Crippen LogP contribution in [0.3, 0.4) is 0 Å². The van der Waals surface area contributed by atoms with Crippen molar-refractivity contribution in [1.29, 1.82) is 0 Å². The van der Waals surface area contributed by atoms with E-state index < -0.39 is 5.91 Å². The second-order valence-electron chi connectivity index (χ2n) is 4.09. The Labute approximate surface area is 121 Å². The SMILES string of the molecule is COc1ccc(C)cc1NC(=S)NC(=O)c1ccco1. The summed E-state index contributed by atoms with van der Waals surface area (Å²) in [4.78, 5) is 11.8. The molecule has 2 rings (SSSR count). The average Bonchev–Trinajstić information content (AvgIpc) is 2.92. The van der Waals surface area contributed by atoms with Crippen LogP contribution in [0.4, 0.5) is 5.69 Å². The number of hydrogen-bond donors (Lipinski definition) is 2. The van der Waals surface area contributed by atoms with Crippen LogP contribution in [0.25, 0.3) is 0 Å². The summed E-state index contributed by atoms with van der Waals surface area (Å²) >= 11 is 5.10. The summed E-state index contributed by atoms with van der Waals surface area (Å²) in [6.07, 6.45) is 1.43. The highest BCUT2D eigenvalue weighted by Gasteiger charge is 2.11. The van der Waals surface area contributed by atoms with Crippen molar-refractivity contribution in [3.05, 3.63) is 47.9 Å². The smallest absolute Gasteiger partial charge is 0.293 e. The van der Waals surface area contributed by atoms with Gasteiger partial charge in [0.2, 0.25) is 0 Å². The number of furan rings is 1. The summed E-state index contributed by atoms with van der Waals surface area (Å²) in [5.74, 6) is 0.440. The molecule has 0 unspecified atom stereocenters. The number of rotatable bonds is 3. The predicted octanol–water partition coefficient (Wildman–Crippen LogP) is 2.72. The van der Waals surface area contributed by atoms with Gasteiger partial charge in [0.05, 0.1) is 19.1 Å². The quantitative estimate of drug-likeness (QED) is 0.851. The van der Waals surface area contributed by atoms with Gasteiger partial charge >= 0.3 is 0 Å². The highest BCUT2D eigenvalue weighted by molar-refractivity contribution is 7.80. The summed E-state index contributed by atoms with van der Waals surface area (Å²) in [6.45, 7) is 1.95. The number of methoxy groups -OCH3 is 1. The van der Waals surface area contributed by atoms with Crippen LogP contribution >= 0.6 is 12.2 Å². The van der Waals surface area contributed by atoms with Gasteiger partial charge < -0.3 is 14.5 Å². The lowest BCUT2D eigenvalue weighted by Gasteiger charge is -2.12. The molecule has 0 spiro atoms. The van der Waals surface area contributed by atoms with E-state index in [0.717, 1.165) is 5.56 Å². The molecule has 20 heavy (non-hydrogen) atoms. The molecule has 2 N–H and O–H groups in total. The minimum atomic E-state index is -0.404. The molecule has 0 saturated heterocycles. The Bertz CT molecular complexity index is 623. The zero-order valence-electron chi connectivity index (χ0n) is 11.1. The zero-order valence-corrected chi connectivity index (χ0v) is 11.9. The maximum atomic E-state index is 11.8. The number of carbonyl (C=O) groups excluding carboxylic acids is 1. The molecule has 0 fully saturated rings. The van der Waals surface area contributed by atoms with Gasteiger partial charge in [-0.05, 0) is 49.0 Å². The average molecular weight is 290 g/mol. The number of anilines is 1. The van der Waals surface area contributed by atoms with Crippen LogP contribution in [-0.4, -0.2) is 18.1 Å². The van der Waals surface area contributed by atoms with Gasteiger partial charge in [0.1, 0.15) is 5.75 Å². The number of amides is 1. The van der Waals surface area contributed by atoms with Crippen LogP contribution in [0.5, 0.6) is 5.75 Å². The van der Waals surface area contributed by atoms with E-state index in [-0.39, 0.29) is 10.9 Å². The van der Waals surface area contributed by atoms with Gasteiger partial charge in [-0.3, -0.25) is 10.1 Å². The van der Waals surface area contributed by atoms with Crippen molar-refractivity contribution < 1.29 is 13.9 Å². The van der Waals surface area contributed by atoms with Gasteiger partial charge in [0.15, 0.2) is 10.9 Å². The van der Waals surface area contributed by atoms with Gasteiger partial charge in [-0.1, -0.05) is 6.07 Å². The Balaban J connectivity index is 2.05. The third kappa shape index (κ3) is 3.36. The number of carbonyl (C=O) groups is 1.